The summed E-state index contributed by atoms with van der Waals surface area (Å²) in [5.41, 5.74) is 2.68. The smallest absolute Gasteiger partial charge is 0.254 e. The molecule has 0 saturated carbocycles. The van der Waals surface area contributed by atoms with Gasteiger partial charge in [-0.15, -0.1) is 11.3 Å². The second kappa shape index (κ2) is 9.38. The molecule has 2 aromatic heterocycles. The molecule has 0 bridgehead atoms. The molecule has 0 unspecified atom stereocenters. The van der Waals surface area contributed by atoms with Crippen LogP contribution in [0.1, 0.15) is 26.4 Å². The summed E-state index contributed by atoms with van der Waals surface area (Å²) in [6.45, 7) is 0.304. The zero-order valence-electron chi connectivity index (χ0n) is 16.3. The summed E-state index contributed by atoms with van der Waals surface area (Å²) < 4.78 is 29.1. The highest BCUT2D eigenvalue weighted by Crippen LogP contribution is 2.38. The number of aromatic nitrogens is 1. The van der Waals surface area contributed by atoms with Gasteiger partial charge in [0.2, 0.25) is 10.0 Å². The van der Waals surface area contributed by atoms with Crippen LogP contribution in [-0.2, 0) is 28.7 Å². The Morgan fingerprint density at radius 1 is 1.10 bits per heavy atom. The molecule has 3 aromatic rings. The van der Waals surface area contributed by atoms with Crippen molar-refractivity contribution >= 4 is 39.0 Å². The van der Waals surface area contributed by atoms with Crippen molar-refractivity contribution in [2.24, 2.45) is 0 Å². The Balaban J connectivity index is 1.41. The number of hydrogen-bond acceptors (Lipinski definition) is 5. The lowest BCUT2D eigenvalue weighted by Crippen LogP contribution is -2.34. The van der Waals surface area contributed by atoms with E-state index in [1.54, 1.807) is 11.3 Å². The molecule has 0 spiro atoms. The molecule has 0 radical (unpaired) electrons. The monoisotopic (exact) mass is 461 g/mol. The Kier molecular flexibility index (Phi) is 6.62. The van der Waals surface area contributed by atoms with Crippen molar-refractivity contribution in [2.75, 3.05) is 18.1 Å². The second-order valence-electron chi connectivity index (χ2n) is 6.96. The molecule has 1 aliphatic heterocycles. The quantitative estimate of drug-likeness (QED) is 0.540. The van der Waals surface area contributed by atoms with Crippen LogP contribution < -0.4 is 10.0 Å². The summed E-state index contributed by atoms with van der Waals surface area (Å²) in [6.07, 6.45) is 4.72. The van der Waals surface area contributed by atoms with E-state index in [0.29, 0.717) is 5.56 Å². The van der Waals surface area contributed by atoms with Gasteiger partial charge in [-0.25, -0.2) is 13.1 Å². The minimum Gasteiger partial charge on any atom is -0.351 e. The van der Waals surface area contributed by atoms with Gasteiger partial charge in [-0.2, -0.15) is 11.8 Å². The second-order valence-corrected chi connectivity index (χ2v) is 11.1. The van der Waals surface area contributed by atoms with Gasteiger partial charge < -0.3 is 9.88 Å². The third kappa shape index (κ3) is 4.97. The molecule has 158 valence electrons. The topological polar surface area (TPSA) is 80.2 Å². The Labute approximate surface area is 184 Å². The van der Waals surface area contributed by atoms with E-state index in [2.05, 4.69) is 10.0 Å². The fraction of sp³-hybridized carbons (Fsp3) is 0.286. The van der Waals surface area contributed by atoms with E-state index >= 15 is 0 Å². The first-order valence-corrected chi connectivity index (χ1v) is 13.3. The highest BCUT2D eigenvalue weighted by Gasteiger charge is 2.26. The average Bonchev–Trinajstić information content (AvgIpc) is 3.40. The summed E-state index contributed by atoms with van der Waals surface area (Å²) in [5.74, 6) is 1.54. The molecule has 0 fully saturated rings. The van der Waals surface area contributed by atoms with Crippen LogP contribution in [0.5, 0.6) is 0 Å². The summed E-state index contributed by atoms with van der Waals surface area (Å²) in [7, 11) is -3.49. The standard InChI is InChI=1S/C21H23N3O3S3/c25-20(22-9-13-30(26,27)23-14-16-6-2-1-3-7-16)19-17-8-12-28-15-18(17)29-21(19)24-10-4-5-11-24/h1-7,10-11,23H,8-9,12-15H2,(H,22,25). The molecular formula is C21H23N3O3S3. The van der Waals surface area contributed by atoms with Crippen LogP contribution in [0.3, 0.4) is 0 Å². The predicted octanol–water partition coefficient (Wildman–Crippen LogP) is 3.18. The minimum atomic E-state index is -3.49. The van der Waals surface area contributed by atoms with Crippen LogP contribution in [0, 0.1) is 0 Å². The average molecular weight is 462 g/mol. The number of fused-ring (bicyclic) bond motifs is 1. The molecule has 30 heavy (non-hydrogen) atoms. The van der Waals surface area contributed by atoms with E-state index in [4.69, 9.17) is 0 Å². The maximum absolute atomic E-state index is 13.0. The van der Waals surface area contributed by atoms with Crippen LogP contribution in [-0.4, -0.2) is 36.9 Å². The van der Waals surface area contributed by atoms with Crippen molar-refractivity contribution in [3.63, 3.8) is 0 Å². The van der Waals surface area contributed by atoms with Gasteiger partial charge in [0.1, 0.15) is 5.00 Å². The summed E-state index contributed by atoms with van der Waals surface area (Å²) in [6, 6.07) is 13.2. The molecule has 0 atom stereocenters. The highest BCUT2D eigenvalue weighted by atomic mass is 32.2. The molecule has 9 heteroatoms. The van der Waals surface area contributed by atoms with Crippen LogP contribution in [0.2, 0.25) is 0 Å². The van der Waals surface area contributed by atoms with E-state index in [1.807, 2.05) is 71.2 Å². The van der Waals surface area contributed by atoms with Gasteiger partial charge in [0.05, 0.1) is 11.3 Å². The lowest BCUT2D eigenvalue weighted by Gasteiger charge is -2.13. The van der Waals surface area contributed by atoms with Gasteiger partial charge in [-0.3, -0.25) is 4.79 Å². The zero-order valence-corrected chi connectivity index (χ0v) is 18.8. The third-order valence-corrected chi connectivity index (χ3v) is 8.60. The lowest BCUT2D eigenvalue weighted by atomic mass is 10.1. The minimum absolute atomic E-state index is 0.0629. The highest BCUT2D eigenvalue weighted by molar-refractivity contribution is 7.98. The molecule has 6 nitrogen and oxygen atoms in total. The number of sulfonamides is 1. The van der Waals surface area contributed by atoms with Crippen molar-refractivity contribution in [2.45, 2.75) is 18.7 Å². The van der Waals surface area contributed by atoms with Gasteiger partial charge in [0.15, 0.2) is 0 Å². The SMILES string of the molecule is O=C(NCCS(=O)(=O)NCc1ccccc1)c1c(-n2cccc2)sc2c1CCSC2. The van der Waals surface area contributed by atoms with Crippen molar-refractivity contribution in [3.8, 4) is 5.00 Å². The first-order valence-electron chi connectivity index (χ1n) is 9.68. The van der Waals surface area contributed by atoms with Crippen LogP contribution in [0.25, 0.3) is 5.00 Å². The number of thiophene rings is 1. The van der Waals surface area contributed by atoms with Crippen molar-refractivity contribution in [3.05, 3.63) is 76.4 Å². The number of thioether (sulfide) groups is 1. The van der Waals surface area contributed by atoms with Crippen LogP contribution in [0.15, 0.2) is 54.9 Å². The molecule has 1 aromatic carbocycles. The first-order chi connectivity index (χ1) is 14.5. The van der Waals surface area contributed by atoms with Gasteiger partial charge in [0, 0.05) is 36.1 Å². The number of hydrogen-bond donors (Lipinski definition) is 2. The molecule has 3 heterocycles. The largest absolute Gasteiger partial charge is 0.351 e. The molecule has 0 saturated heterocycles. The molecular weight excluding hydrogens is 438 g/mol. The summed E-state index contributed by atoms with van der Waals surface area (Å²) >= 11 is 3.52. The normalized spacial score (nSPS) is 13.7. The lowest BCUT2D eigenvalue weighted by molar-refractivity contribution is 0.0955. The fourth-order valence-electron chi connectivity index (χ4n) is 3.35. The first kappa shape index (κ1) is 21.2. The molecule has 0 aliphatic carbocycles. The van der Waals surface area contributed by atoms with Gasteiger partial charge in [-0.05, 0) is 35.4 Å². The maximum Gasteiger partial charge on any atom is 0.254 e. The van der Waals surface area contributed by atoms with Crippen molar-refractivity contribution < 1.29 is 13.2 Å². The number of benzene rings is 1. The number of nitrogens with zero attached hydrogens (tertiary/aromatic N) is 1. The number of nitrogens with one attached hydrogen (secondary N) is 2. The van der Waals surface area contributed by atoms with E-state index in [-0.39, 0.29) is 24.7 Å². The van der Waals surface area contributed by atoms with E-state index in [1.165, 1.54) is 4.88 Å². The molecule has 2 N–H and O–H groups in total. The van der Waals surface area contributed by atoms with Crippen LogP contribution in [0.4, 0.5) is 0 Å². The Morgan fingerprint density at radius 3 is 2.63 bits per heavy atom. The summed E-state index contributed by atoms with van der Waals surface area (Å²) in [5, 5.41) is 3.72. The summed E-state index contributed by atoms with van der Waals surface area (Å²) in [4.78, 5) is 14.3. The van der Waals surface area contributed by atoms with E-state index in [0.717, 1.165) is 34.1 Å². The van der Waals surface area contributed by atoms with Gasteiger partial charge in [-0.1, -0.05) is 30.3 Å². The maximum atomic E-state index is 13.0. The molecule has 1 amide bonds. The predicted molar refractivity (Wildman–Crippen MR) is 123 cm³/mol. The van der Waals surface area contributed by atoms with Crippen LogP contribution >= 0.6 is 23.1 Å². The zero-order chi connectivity index (χ0) is 21.0. The number of amides is 1. The number of rotatable bonds is 8. The Bertz CT molecular complexity index is 1110. The Hall–Kier alpha value is -2.07. The van der Waals surface area contributed by atoms with E-state index < -0.39 is 10.0 Å². The molecule has 4 rings (SSSR count). The van der Waals surface area contributed by atoms with Gasteiger partial charge >= 0.3 is 0 Å². The van der Waals surface area contributed by atoms with Gasteiger partial charge in [0.25, 0.3) is 5.91 Å². The van der Waals surface area contributed by atoms with Crippen molar-refractivity contribution in [1.29, 1.82) is 0 Å². The fourth-order valence-corrected chi connectivity index (χ4v) is 6.70. The number of carbonyl (C=O) groups excluding carboxylic acids is 1. The van der Waals surface area contributed by atoms with E-state index in [9.17, 15) is 13.2 Å². The Morgan fingerprint density at radius 2 is 1.87 bits per heavy atom. The third-order valence-electron chi connectivity index (χ3n) is 4.86. The van der Waals surface area contributed by atoms with Crippen molar-refractivity contribution in [1.82, 2.24) is 14.6 Å². The molecule has 1 aliphatic rings. The number of carbonyl (C=O) groups is 1.